The molecule has 0 bridgehead atoms. The van der Waals surface area contributed by atoms with Crippen molar-refractivity contribution in [1.82, 2.24) is 15.0 Å². The number of amides is 1. The van der Waals surface area contributed by atoms with Gasteiger partial charge in [-0.25, -0.2) is 9.97 Å². The molecule has 28 heavy (non-hydrogen) atoms. The molecular weight excluding hydrogens is 358 g/mol. The van der Waals surface area contributed by atoms with Crippen molar-refractivity contribution in [3.8, 4) is 11.3 Å². The molecule has 2 aromatic heterocycles. The van der Waals surface area contributed by atoms with Gasteiger partial charge in [-0.2, -0.15) is 0 Å². The van der Waals surface area contributed by atoms with E-state index in [4.69, 9.17) is 4.98 Å². The molecule has 0 spiro atoms. The SMILES string of the molecule is CC(C)(O)c1ccc(-c2cnc3c(n2)N([C@H]2CC[C@H](O)CC2)C(=O)CN3)cn1. The van der Waals surface area contributed by atoms with E-state index in [2.05, 4.69) is 15.3 Å². The third-order valence-corrected chi connectivity index (χ3v) is 5.38. The number of aliphatic hydroxyl groups is 2. The highest BCUT2D eigenvalue weighted by Gasteiger charge is 2.35. The van der Waals surface area contributed by atoms with E-state index in [-0.39, 0.29) is 24.6 Å². The number of fused-ring (bicyclic) bond motifs is 1. The molecule has 2 aliphatic rings. The molecule has 1 aliphatic carbocycles. The predicted molar refractivity (Wildman–Crippen MR) is 105 cm³/mol. The predicted octanol–water partition coefficient (Wildman–Crippen LogP) is 1.83. The Hall–Kier alpha value is -2.58. The number of aromatic nitrogens is 3. The van der Waals surface area contributed by atoms with Crippen molar-refractivity contribution in [3.63, 3.8) is 0 Å². The lowest BCUT2D eigenvalue weighted by Crippen LogP contribution is -2.49. The Morgan fingerprint density at radius 2 is 1.89 bits per heavy atom. The highest BCUT2D eigenvalue weighted by Crippen LogP contribution is 2.34. The fraction of sp³-hybridized carbons (Fsp3) is 0.500. The first-order chi connectivity index (χ1) is 13.3. The van der Waals surface area contributed by atoms with Gasteiger partial charge < -0.3 is 15.5 Å². The fourth-order valence-electron chi connectivity index (χ4n) is 3.77. The van der Waals surface area contributed by atoms with Gasteiger partial charge in [-0.15, -0.1) is 0 Å². The molecule has 0 radical (unpaired) electrons. The molecule has 2 aromatic rings. The molecule has 3 heterocycles. The molecule has 1 saturated carbocycles. The van der Waals surface area contributed by atoms with E-state index in [0.29, 0.717) is 35.9 Å². The van der Waals surface area contributed by atoms with Crippen LogP contribution in [0.4, 0.5) is 11.6 Å². The zero-order valence-electron chi connectivity index (χ0n) is 16.1. The number of rotatable bonds is 3. The zero-order chi connectivity index (χ0) is 19.9. The van der Waals surface area contributed by atoms with Crippen molar-refractivity contribution in [2.24, 2.45) is 0 Å². The van der Waals surface area contributed by atoms with Crippen LogP contribution in [0, 0.1) is 0 Å². The van der Waals surface area contributed by atoms with Crippen LogP contribution in [0.25, 0.3) is 11.3 Å². The van der Waals surface area contributed by atoms with Crippen LogP contribution in [0.3, 0.4) is 0 Å². The van der Waals surface area contributed by atoms with Gasteiger partial charge in [-0.1, -0.05) is 0 Å². The lowest BCUT2D eigenvalue weighted by atomic mass is 9.91. The van der Waals surface area contributed by atoms with Gasteiger partial charge in [0.2, 0.25) is 5.91 Å². The van der Waals surface area contributed by atoms with Crippen LogP contribution in [0.2, 0.25) is 0 Å². The number of aliphatic hydroxyl groups excluding tert-OH is 1. The second kappa shape index (κ2) is 7.10. The number of pyridine rings is 1. The average molecular weight is 383 g/mol. The standard InChI is InChI=1S/C20H25N5O3/c1-20(2,28)16-8-3-12(9-21-16)15-10-22-18-19(24-15)25(17(27)11-23-18)13-4-6-14(26)7-5-13/h3,8-10,13-14,26,28H,4-7,11H2,1-2H3,(H,22,23)/t13-,14-. The van der Waals surface area contributed by atoms with Crippen molar-refractivity contribution >= 4 is 17.5 Å². The molecule has 0 unspecified atom stereocenters. The number of hydrogen-bond acceptors (Lipinski definition) is 7. The van der Waals surface area contributed by atoms with Crippen LogP contribution in [-0.2, 0) is 10.4 Å². The third kappa shape index (κ3) is 3.57. The molecule has 1 aliphatic heterocycles. The second-order valence-corrected chi connectivity index (χ2v) is 8.00. The number of anilines is 2. The van der Waals surface area contributed by atoms with Gasteiger partial charge in [0.15, 0.2) is 11.6 Å². The minimum Gasteiger partial charge on any atom is -0.393 e. The second-order valence-electron chi connectivity index (χ2n) is 8.00. The van der Waals surface area contributed by atoms with E-state index in [1.165, 1.54) is 0 Å². The van der Waals surface area contributed by atoms with Crippen molar-refractivity contribution in [1.29, 1.82) is 0 Å². The lowest BCUT2D eigenvalue weighted by Gasteiger charge is -2.38. The summed E-state index contributed by atoms with van der Waals surface area (Å²) >= 11 is 0. The molecule has 148 valence electrons. The van der Waals surface area contributed by atoms with E-state index >= 15 is 0 Å². The zero-order valence-corrected chi connectivity index (χ0v) is 16.1. The Bertz CT molecular complexity index is 870. The van der Waals surface area contributed by atoms with Crippen LogP contribution in [-0.4, -0.2) is 49.8 Å². The summed E-state index contributed by atoms with van der Waals surface area (Å²) in [5.41, 5.74) is 0.936. The summed E-state index contributed by atoms with van der Waals surface area (Å²) in [5, 5.41) is 22.9. The number of hydrogen-bond donors (Lipinski definition) is 3. The summed E-state index contributed by atoms with van der Waals surface area (Å²) in [4.78, 5) is 27.9. The number of carbonyl (C=O) groups excluding carboxylic acids is 1. The average Bonchev–Trinajstić information content (AvgIpc) is 2.68. The number of carbonyl (C=O) groups is 1. The first-order valence-electron chi connectivity index (χ1n) is 9.63. The summed E-state index contributed by atoms with van der Waals surface area (Å²) in [5.74, 6) is 1.09. The maximum atomic E-state index is 12.6. The van der Waals surface area contributed by atoms with E-state index in [1.54, 1.807) is 37.2 Å². The van der Waals surface area contributed by atoms with Gasteiger partial charge in [0.25, 0.3) is 0 Å². The molecule has 0 saturated heterocycles. The molecule has 0 atom stereocenters. The molecule has 1 amide bonds. The normalized spacial score (nSPS) is 22.6. The van der Waals surface area contributed by atoms with Gasteiger partial charge in [-0.05, 0) is 51.7 Å². The van der Waals surface area contributed by atoms with Crippen LogP contribution in [0.5, 0.6) is 0 Å². The van der Waals surface area contributed by atoms with Crippen LogP contribution in [0.1, 0.15) is 45.2 Å². The van der Waals surface area contributed by atoms with Crippen molar-refractivity contribution < 1.29 is 15.0 Å². The largest absolute Gasteiger partial charge is 0.393 e. The van der Waals surface area contributed by atoms with Gasteiger partial charge in [0.05, 0.1) is 30.2 Å². The van der Waals surface area contributed by atoms with Gasteiger partial charge in [0, 0.05) is 17.8 Å². The van der Waals surface area contributed by atoms with E-state index < -0.39 is 5.60 Å². The van der Waals surface area contributed by atoms with Gasteiger partial charge >= 0.3 is 0 Å². The van der Waals surface area contributed by atoms with Crippen molar-refractivity contribution in [2.75, 3.05) is 16.8 Å². The third-order valence-electron chi connectivity index (χ3n) is 5.38. The van der Waals surface area contributed by atoms with Gasteiger partial charge in [-0.3, -0.25) is 14.7 Å². The topological polar surface area (TPSA) is 111 Å². The fourth-order valence-corrected chi connectivity index (χ4v) is 3.77. The molecule has 8 heteroatoms. The first-order valence-corrected chi connectivity index (χ1v) is 9.63. The Balaban J connectivity index is 1.67. The van der Waals surface area contributed by atoms with Crippen LogP contribution >= 0.6 is 0 Å². The summed E-state index contributed by atoms with van der Waals surface area (Å²) < 4.78 is 0. The lowest BCUT2D eigenvalue weighted by molar-refractivity contribution is -0.118. The summed E-state index contributed by atoms with van der Waals surface area (Å²) in [6.45, 7) is 3.57. The van der Waals surface area contributed by atoms with Crippen LogP contribution in [0.15, 0.2) is 24.5 Å². The summed E-state index contributed by atoms with van der Waals surface area (Å²) in [6, 6.07) is 3.63. The van der Waals surface area contributed by atoms with E-state index in [1.807, 2.05) is 6.07 Å². The maximum Gasteiger partial charge on any atom is 0.247 e. The van der Waals surface area contributed by atoms with Crippen molar-refractivity contribution in [2.45, 2.75) is 57.3 Å². The van der Waals surface area contributed by atoms with Gasteiger partial charge in [0.1, 0.15) is 5.60 Å². The molecule has 4 rings (SSSR count). The number of nitrogens with one attached hydrogen (secondary N) is 1. The summed E-state index contributed by atoms with van der Waals surface area (Å²) in [6.07, 6.45) is 5.90. The molecule has 1 fully saturated rings. The number of nitrogens with zero attached hydrogens (tertiary/aromatic N) is 4. The Labute approximate surface area is 163 Å². The Morgan fingerprint density at radius 1 is 1.14 bits per heavy atom. The summed E-state index contributed by atoms with van der Waals surface area (Å²) in [7, 11) is 0. The Kier molecular flexibility index (Phi) is 4.76. The maximum absolute atomic E-state index is 12.6. The minimum atomic E-state index is -1.02. The smallest absolute Gasteiger partial charge is 0.247 e. The molecule has 8 nitrogen and oxygen atoms in total. The van der Waals surface area contributed by atoms with Crippen LogP contribution < -0.4 is 10.2 Å². The molecule has 3 N–H and O–H groups in total. The van der Waals surface area contributed by atoms with Crippen molar-refractivity contribution in [3.05, 3.63) is 30.2 Å². The van der Waals surface area contributed by atoms with E-state index in [9.17, 15) is 15.0 Å². The molecular formula is C20H25N5O3. The quantitative estimate of drug-likeness (QED) is 0.741. The first kappa shape index (κ1) is 18.8. The minimum absolute atomic E-state index is 0.0250. The highest BCUT2D eigenvalue weighted by atomic mass is 16.3. The Morgan fingerprint density at radius 3 is 2.54 bits per heavy atom. The highest BCUT2D eigenvalue weighted by molar-refractivity contribution is 6.01. The van der Waals surface area contributed by atoms with E-state index in [0.717, 1.165) is 18.4 Å². The molecule has 0 aromatic carbocycles. The monoisotopic (exact) mass is 383 g/mol.